The Labute approximate surface area is 88.9 Å². The number of nitrogens with zero attached hydrogens (tertiary/aromatic N) is 1. The van der Waals surface area contributed by atoms with Gasteiger partial charge in [-0.15, -0.1) is 0 Å². The molecule has 0 amide bonds. The molecule has 0 saturated heterocycles. The number of rotatable bonds is 4. The van der Waals surface area contributed by atoms with Crippen molar-refractivity contribution in [3.63, 3.8) is 0 Å². The van der Waals surface area contributed by atoms with Gasteiger partial charge in [0.2, 0.25) is 0 Å². The van der Waals surface area contributed by atoms with Crippen molar-refractivity contribution in [3.8, 4) is 0 Å². The second-order valence-electron chi connectivity index (χ2n) is 4.85. The van der Waals surface area contributed by atoms with Crippen molar-refractivity contribution >= 4 is 5.82 Å². The van der Waals surface area contributed by atoms with Crippen LogP contribution in [0.5, 0.6) is 0 Å². The minimum atomic E-state index is -0.274. The molecule has 3 rings (SSSR count). The van der Waals surface area contributed by atoms with Gasteiger partial charge in [0, 0.05) is 6.54 Å². The van der Waals surface area contributed by atoms with Gasteiger partial charge in [-0.3, -0.25) is 0 Å². The minimum Gasteiger partial charge on any atom is -0.370 e. The molecule has 0 bridgehead atoms. The number of hydrogen-bond acceptors (Lipinski definition) is 2. The molecule has 0 radical (unpaired) electrons. The summed E-state index contributed by atoms with van der Waals surface area (Å²) < 4.78 is 12.6. The van der Waals surface area contributed by atoms with Crippen LogP contribution in [0.25, 0.3) is 0 Å². The second-order valence-corrected chi connectivity index (χ2v) is 4.85. The maximum Gasteiger partial charge on any atom is 0.141 e. The van der Waals surface area contributed by atoms with Gasteiger partial charge in [0.05, 0.1) is 6.20 Å². The molecule has 0 aromatic carbocycles. The number of nitrogens with one attached hydrogen (secondary N) is 1. The summed E-state index contributed by atoms with van der Waals surface area (Å²) in [6, 6.07) is 3.16. The van der Waals surface area contributed by atoms with Gasteiger partial charge < -0.3 is 5.32 Å². The van der Waals surface area contributed by atoms with E-state index >= 15 is 0 Å². The van der Waals surface area contributed by atoms with Gasteiger partial charge in [0.15, 0.2) is 0 Å². The van der Waals surface area contributed by atoms with Crippen LogP contribution in [0.15, 0.2) is 18.3 Å². The first kappa shape index (κ1) is 9.13. The molecule has 2 nitrogen and oxygen atoms in total. The molecule has 0 aliphatic heterocycles. The first-order valence-electron chi connectivity index (χ1n) is 5.64. The van der Waals surface area contributed by atoms with Gasteiger partial charge in [-0.05, 0) is 49.1 Å². The first-order valence-corrected chi connectivity index (χ1v) is 5.64. The third-order valence-corrected chi connectivity index (χ3v) is 3.68. The molecule has 0 atom stereocenters. The Hall–Kier alpha value is -1.12. The highest BCUT2D eigenvalue weighted by Crippen LogP contribution is 2.61. The summed E-state index contributed by atoms with van der Waals surface area (Å²) in [6.45, 7) is 1.01. The summed E-state index contributed by atoms with van der Waals surface area (Å²) in [5, 5.41) is 3.32. The van der Waals surface area contributed by atoms with E-state index in [2.05, 4.69) is 10.3 Å². The highest BCUT2D eigenvalue weighted by Gasteiger charge is 2.53. The Bertz CT molecular complexity index is 352. The maximum atomic E-state index is 12.6. The third-order valence-electron chi connectivity index (χ3n) is 3.68. The van der Waals surface area contributed by atoms with Crippen LogP contribution in [0, 0.1) is 17.2 Å². The van der Waals surface area contributed by atoms with Crippen molar-refractivity contribution in [2.75, 3.05) is 11.9 Å². The Morgan fingerprint density at radius 3 is 2.73 bits per heavy atom. The molecule has 1 heterocycles. The highest BCUT2D eigenvalue weighted by molar-refractivity contribution is 5.34. The lowest BCUT2D eigenvalue weighted by Crippen LogP contribution is -2.17. The fraction of sp³-hybridized carbons (Fsp3) is 0.583. The number of halogens is 1. The number of aromatic nitrogens is 1. The molecular formula is C12H15FN2. The Kier molecular flexibility index (Phi) is 1.94. The molecule has 1 aromatic rings. The van der Waals surface area contributed by atoms with E-state index in [9.17, 15) is 4.39 Å². The van der Waals surface area contributed by atoms with Crippen LogP contribution in [0.3, 0.4) is 0 Å². The van der Waals surface area contributed by atoms with E-state index in [0.29, 0.717) is 5.41 Å². The quantitative estimate of drug-likeness (QED) is 0.819. The lowest BCUT2D eigenvalue weighted by Gasteiger charge is -2.15. The van der Waals surface area contributed by atoms with Gasteiger partial charge in [0.1, 0.15) is 11.6 Å². The summed E-state index contributed by atoms with van der Waals surface area (Å²) >= 11 is 0. The molecule has 0 unspecified atom stereocenters. The van der Waals surface area contributed by atoms with E-state index in [4.69, 9.17) is 0 Å². The lowest BCUT2D eigenvalue weighted by atomic mass is 10.0. The van der Waals surface area contributed by atoms with Crippen molar-refractivity contribution in [1.82, 2.24) is 4.98 Å². The molecule has 0 spiro atoms. The topological polar surface area (TPSA) is 24.9 Å². The normalized spacial score (nSPS) is 22.5. The molecule has 3 heteroatoms. The second kappa shape index (κ2) is 3.19. The predicted molar refractivity (Wildman–Crippen MR) is 57.1 cm³/mol. The third kappa shape index (κ3) is 1.83. The Balaban J connectivity index is 1.59. The monoisotopic (exact) mass is 206 g/mol. The zero-order chi connectivity index (χ0) is 10.3. The van der Waals surface area contributed by atoms with Crippen LogP contribution in [-0.4, -0.2) is 11.5 Å². The molecule has 2 aliphatic rings. The number of anilines is 1. The largest absolute Gasteiger partial charge is 0.370 e. The number of pyridine rings is 1. The lowest BCUT2D eigenvalue weighted by molar-refractivity contribution is 0.466. The standard InChI is InChI=1S/C12H15FN2/c13-10-3-4-11(14-7-10)15-8-12(5-6-12)9-1-2-9/h3-4,7,9H,1-2,5-6,8H2,(H,14,15). The average Bonchev–Trinajstić information content (AvgIpc) is 3.10. The first-order chi connectivity index (χ1) is 7.28. The molecule has 80 valence electrons. The molecule has 1 aromatic heterocycles. The summed E-state index contributed by atoms with van der Waals surface area (Å²) in [6.07, 6.45) is 6.77. The SMILES string of the molecule is Fc1ccc(NCC2(C3CC3)CC2)nc1. The fourth-order valence-corrected chi connectivity index (χ4v) is 2.33. The van der Waals surface area contributed by atoms with Crippen molar-refractivity contribution in [3.05, 3.63) is 24.1 Å². The van der Waals surface area contributed by atoms with E-state index in [-0.39, 0.29) is 5.82 Å². The van der Waals surface area contributed by atoms with Crippen LogP contribution >= 0.6 is 0 Å². The van der Waals surface area contributed by atoms with Gasteiger partial charge in [-0.2, -0.15) is 0 Å². The molecule has 2 fully saturated rings. The fourth-order valence-electron chi connectivity index (χ4n) is 2.33. The molecule has 15 heavy (non-hydrogen) atoms. The van der Waals surface area contributed by atoms with Crippen LogP contribution in [0.2, 0.25) is 0 Å². The smallest absolute Gasteiger partial charge is 0.141 e. The van der Waals surface area contributed by atoms with Crippen molar-refractivity contribution in [2.45, 2.75) is 25.7 Å². The van der Waals surface area contributed by atoms with Gasteiger partial charge in [-0.25, -0.2) is 9.37 Å². The maximum absolute atomic E-state index is 12.6. The summed E-state index contributed by atoms with van der Waals surface area (Å²) in [7, 11) is 0. The minimum absolute atomic E-state index is 0.274. The van der Waals surface area contributed by atoms with Gasteiger partial charge in [0.25, 0.3) is 0 Å². The molecule has 2 aliphatic carbocycles. The predicted octanol–water partition coefficient (Wildman–Crippen LogP) is 2.82. The van der Waals surface area contributed by atoms with Crippen LogP contribution in [0.4, 0.5) is 10.2 Å². The van der Waals surface area contributed by atoms with Gasteiger partial charge >= 0.3 is 0 Å². The molecule has 2 saturated carbocycles. The average molecular weight is 206 g/mol. The summed E-state index contributed by atoms with van der Waals surface area (Å²) in [4.78, 5) is 4.00. The summed E-state index contributed by atoms with van der Waals surface area (Å²) in [5.41, 5.74) is 0.566. The number of hydrogen-bond donors (Lipinski definition) is 1. The Morgan fingerprint density at radius 2 is 2.20 bits per heavy atom. The van der Waals surface area contributed by atoms with Crippen LogP contribution < -0.4 is 5.32 Å². The van der Waals surface area contributed by atoms with E-state index in [1.807, 2.05) is 0 Å². The van der Waals surface area contributed by atoms with Crippen LogP contribution in [0.1, 0.15) is 25.7 Å². The summed E-state index contributed by atoms with van der Waals surface area (Å²) in [5.74, 6) is 1.47. The molecular weight excluding hydrogens is 191 g/mol. The van der Waals surface area contributed by atoms with Crippen LogP contribution in [-0.2, 0) is 0 Å². The Morgan fingerprint density at radius 1 is 1.40 bits per heavy atom. The van der Waals surface area contributed by atoms with E-state index in [0.717, 1.165) is 18.3 Å². The highest BCUT2D eigenvalue weighted by atomic mass is 19.1. The van der Waals surface area contributed by atoms with Crippen molar-refractivity contribution in [1.29, 1.82) is 0 Å². The van der Waals surface area contributed by atoms with Gasteiger partial charge in [-0.1, -0.05) is 0 Å². The van der Waals surface area contributed by atoms with Crippen molar-refractivity contribution in [2.24, 2.45) is 11.3 Å². The van der Waals surface area contributed by atoms with E-state index < -0.39 is 0 Å². The van der Waals surface area contributed by atoms with E-state index in [1.165, 1.54) is 37.9 Å². The zero-order valence-electron chi connectivity index (χ0n) is 8.67. The molecule has 1 N–H and O–H groups in total. The van der Waals surface area contributed by atoms with E-state index in [1.54, 1.807) is 6.07 Å². The zero-order valence-corrected chi connectivity index (χ0v) is 8.67. The van der Waals surface area contributed by atoms with Crippen molar-refractivity contribution < 1.29 is 4.39 Å².